The monoisotopic (exact) mass is 263 g/mol. The van der Waals surface area contributed by atoms with E-state index in [-0.39, 0.29) is 0 Å². The van der Waals surface area contributed by atoms with Crippen molar-refractivity contribution < 1.29 is 0 Å². The first-order valence-corrected chi connectivity index (χ1v) is 7.93. The van der Waals surface area contributed by atoms with Crippen molar-refractivity contribution in [3.63, 3.8) is 0 Å². The molecule has 1 fully saturated rings. The summed E-state index contributed by atoms with van der Waals surface area (Å²) in [7, 11) is 0. The van der Waals surface area contributed by atoms with E-state index in [9.17, 15) is 0 Å². The molecule has 0 spiro atoms. The molecule has 1 heterocycles. The number of aryl methyl sites for hydroxylation is 2. The van der Waals surface area contributed by atoms with Crippen LogP contribution in [0.4, 0.5) is 0 Å². The van der Waals surface area contributed by atoms with Crippen LogP contribution in [-0.2, 0) is 6.54 Å². The predicted octanol–water partition coefficient (Wildman–Crippen LogP) is 3.69. The standard InChI is InChI=1S/C16H29N3/c1-5-17-16(14-9-7-8-12(3)10-14)15-11-13(4)18-19(15)6-2/h11-12,14,16-17H,5-10H2,1-4H3. The molecular weight excluding hydrogens is 234 g/mol. The summed E-state index contributed by atoms with van der Waals surface area (Å²) < 4.78 is 2.18. The van der Waals surface area contributed by atoms with E-state index in [1.807, 2.05) is 0 Å². The summed E-state index contributed by atoms with van der Waals surface area (Å²) >= 11 is 0. The number of hydrogen-bond acceptors (Lipinski definition) is 2. The maximum atomic E-state index is 4.62. The Morgan fingerprint density at radius 3 is 2.84 bits per heavy atom. The highest BCUT2D eigenvalue weighted by atomic mass is 15.3. The van der Waals surface area contributed by atoms with Gasteiger partial charge in [0.05, 0.1) is 17.4 Å². The van der Waals surface area contributed by atoms with Crippen LogP contribution in [0.1, 0.15) is 63.9 Å². The van der Waals surface area contributed by atoms with Crippen LogP contribution < -0.4 is 5.32 Å². The van der Waals surface area contributed by atoms with Crippen molar-refractivity contribution in [3.05, 3.63) is 17.5 Å². The molecule has 0 saturated heterocycles. The fraction of sp³-hybridized carbons (Fsp3) is 0.812. The lowest BCUT2D eigenvalue weighted by Crippen LogP contribution is -2.33. The van der Waals surface area contributed by atoms with Crippen molar-refractivity contribution in [2.45, 2.75) is 66.0 Å². The fourth-order valence-corrected chi connectivity index (χ4v) is 3.59. The molecule has 19 heavy (non-hydrogen) atoms. The molecule has 3 nitrogen and oxygen atoms in total. The van der Waals surface area contributed by atoms with E-state index in [1.54, 1.807) is 0 Å². The van der Waals surface area contributed by atoms with E-state index in [2.05, 4.69) is 48.9 Å². The zero-order valence-corrected chi connectivity index (χ0v) is 12.9. The Hall–Kier alpha value is -0.830. The highest BCUT2D eigenvalue weighted by Crippen LogP contribution is 2.37. The minimum atomic E-state index is 0.480. The normalized spacial score (nSPS) is 25.5. The van der Waals surface area contributed by atoms with E-state index in [0.717, 1.165) is 30.6 Å². The van der Waals surface area contributed by atoms with Gasteiger partial charge in [-0.25, -0.2) is 0 Å². The minimum absolute atomic E-state index is 0.480. The van der Waals surface area contributed by atoms with Gasteiger partial charge in [0, 0.05) is 6.54 Å². The molecule has 3 unspecified atom stereocenters. The molecule has 0 radical (unpaired) electrons. The number of nitrogens with zero attached hydrogens (tertiary/aromatic N) is 2. The first-order chi connectivity index (χ1) is 9.15. The second-order valence-corrected chi connectivity index (χ2v) is 6.09. The van der Waals surface area contributed by atoms with Crippen molar-refractivity contribution in [1.29, 1.82) is 0 Å². The summed E-state index contributed by atoms with van der Waals surface area (Å²) in [4.78, 5) is 0. The topological polar surface area (TPSA) is 29.9 Å². The summed E-state index contributed by atoms with van der Waals surface area (Å²) in [5.41, 5.74) is 2.53. The second-order valence-electron chi connectivity index (χ2n) is 6.09. The van der Waals surface area contributed by atoms with Gasteiger partial charge in [0.25, 0.3) is 0 Å². The molecule has 3 atom stereocenters. The summed E-state index contributed by atoms with van der Waals surface area (Å²) in [5, 5.41) is 8.34. The van der Waals surface area contributed by atoms with Crippen LogP contribution in [0.25, 0.3) is 0 Å². The van der Waals surface area contributed by atoms with Gasteiger partial charge in [-0.3, -0.25) is 4.68 Å². The molecule has 0 aliphatic heterocycles. The first-order valence-electron chi connectivity index (χ1n) is 7.93. The number of nitrogens with one attached hydrogen (secondary N) is 1. The Labute approximate surface area is 117 Å². The predicted molar refractivity (Wildman–Crippen MR) is 80.2 cm³/mol. The van der Waals surface area contributed by atoms with Crippen LogP contribution in [0, 0.1) is 18.8 Å². The van der Waals surface area contributed by atoms with Gasteiger partial charge in [-0.2, -0.15) is 5.10 Å². The third-order valence-corrected chi connectivity index (χ3v) is 4.42. The molecule has 1 saturated carbocycles. The van der Waals surface area contributed by atoms with Crippen LogP contribution in [0.15, 0.2) is 6.07 Å². The molecule has 108 valence electrons. The van der Waals surface area contributed by atoms with E-state index < -0.39 is 0 Å². The Morgan fingerprint density at radius 2 is 2.21 bits per heavy atom. The lowest BCUT2D eigenvalue weighted by atomic mass is 9.77. The van der Waals surface area contributed by atoms with Gasteiger partial charge in [0.15, 0.2) is 0 Å². The van der Waals surface area contributed by atoms with Crippen molar-refractivity contribution in [1.82, 2.24) is 15.1 Å². The highest BCUT2D eigenvalue weighted by molar-refractivity contribution is 5.15. The molecule has 1 aromatic heterocycles. The van der Waals surface area contributed by atoms with Gasteiger partial charge in [0.1, 0.15) is 0 Å². The Kier molecular flexibility index (Phi) is 5.03. The van der Waals surface area contributed by atoms with Gasteiger partial charge < -0.3 is 5.32 Å². The summed E-state index contributed by atoms with van der Waals surface area (Å²) in [6, 6.07) is 2.75. The Morgan fingerprint density at radius 1 is 1.42 bits per heavy atom. The Bertz CT molecular complexity index is 397. The van der Waals surface area contributed by atoms with Crippen molar-refractivity contribution >= 4 is 0 Å². The van der Waals surface area contributed by atoms with E-state index >= 15 is 0 Å². The average Bonchev–Trinajstić information content (AvgIpc) is 2.77. The van der Waals surface area contributed by atoms with Crippen molar-refractivity contribution in [3.8, 4) is 0 Å². The summed E-state index contributed by atoms with van der Waals surface area (Å²) in [5.74, 6) is 1.64. The van der Waals surface area contributed by atoms with E-state index in [0.29, 0.717) is 6.04 Å². The summed E-state index contributed by atoms with van der Waals surface area (Å²) in [6.45, 7) is 10.9. The van der Waals surface area contributed by atoms with Gasteiger partial charge in [-0.15, -0.1) is 0 Å². The molecule has 3 heteroatoms. The third-order valence-electron chi connectivity index (χ3n) is 4.42. The first kappa shape index (κ1) is 14.6. The molecule has 1 aliphatic rings. The third kappa shape index (κ3) is 3.38. The highest BCUT2D eigenvalue weighted by Gasteiger charge is 2.29. The molecule has 1 aromatic rings. The number of aromatic nitrogens is 2. The van der Waals surface area contributed by atoms with E-state index in [1.165, 1.54) is 31.4 Å². The SMILES string of the molecule is CCNC(c1cc(C)nn1CC)C1CCCC(C)C1. The van der Waals surface area contributed by atoms with Crippen LogP contribution in [0.2, 0.25) is 0 Å². The minimum Gasteiger partial charge on any atom is -0.309 e. The van der Waals surface area contributed by atoms with E-state index in [4.69, 9.17) is 0 Å². The maximum Gasteiger partial charge on any atom is 0.0597 e. The average molecular weight is 263 g/mol. The second kappa shape index (κ2) is 6.56. The van der Waals surface area contributed by atoms with Gasteiger partial charge in [-0.1, -0.05) is 26.7 Å². The molecule has 0 bridgehead atoms. The van der Waals surface area contributed by atoms with Crippen LogP contribution >= 0.6 is 0 Å². The number of rotatable bonds is 5. The smallest absolute Gasteiger partial charge is 0.0597 e. The fourth-order valence-electron chi connectivity index (χ4n) is 3.59. The molecule has 1 aliphatic carbocycles. The van der Waals surface area contributed by atoms with Crippen LogP contribution in [0.5, 0.6) is 0 Å². The van der Waals surface area contributed by atoms with Gasteiger partial charge in [-0.05, 0) is 51.1 Å². The summed E-state index contributed by atoms with van der Waals surface area (Å²) in [6.07, 6.45) is 5.50. The molecule has 2 rings (SSSR count). The zero-order chi connectivity index (χ0) is 13.8. The van der Waals surface area contributed by atoms with Gasteiger partial charge in [0.2, 0.25) is 0 Å². The Balaban J connectivity index is 2.22. The maximum absolute atomic E-state index is 4.62. The molecule has 0 amide bonds. The van der Waals surface area contributed by atoms with Gasteiger partial charge >= 0.3 is 0 Å². The van der Waals surface area contributed by atoms with Crippen LogP contribution in [-0.4, -0.2) is 16.3 Å². The molecule has 1 N–H and O–H groups in total. The largest absolute Gasteiger partial charge is 0.309 e. The quantitative estimate of drug-likeness (QED) is 0.878. The van der Waals surface area contributed by atoms with Crippen molar-refractivity contribution in [2.75, 3.05) is 6.54 Å². The molecule has 0 aromatic carbocycles. The van der Waals surface area contributed by atoms with Crippen molar-refractivity contribution in [2.24, 2.45) is 11.8 Å². The molecular formula is C16H29N3. The number of hydrogen-bond donors (Lipinski definition) is 1. The lowest BCUT2D eigenvalue weighted by Gasteiger charge is -2.34. The van der Waals surface area contributed by atoms with Crippen LogP contribution in [0.3, 0.4) is 0 Å². The lowest BCUT2D eigenvalue weighted by molar-refractivity contribution is 0.218. The zero-order valence-electron chi connectivity index (χ0n) is 12.9.